The fourth-order valence-electron chi connectivity index (χ4n) is 4.94. The van der Waals surface area contributed by atoms with Gasteiger partial charge >= 0.3 is 0 Å². The van der Waals surface area contributed by atoms with Gasteiger partial charge in [-0.3, -0.25) is 9.59 Å². The number of carbonyl (C=O) groups excluding carboxylic acids is 2. The molecule has 0 aromatic heterocycles. The number of nitrogens with zero attached hydrogens (tertiary/aromatic N) is 1. The number of amides is 2. The molecule has 2 aromatic rings. The van der Waals surface area contributed by atoms with Crippen LogP contribution < -0.4 is 5.32 Å². The lowest BCUT2D eigenvalue weighted by Gasteiger charge is -2.50. The van der Waals surface area contributed by atoms with E-state index in [1.54, 1.807) is 31.4 Å². The highest BCUT2D eigenvalue weighted by Crippen LogP contribution is 2.50. The molecular formula is C23H25FN2O3. The van der Waals surface area contributed by atoms with Crippen molar-refractivity contribution in [1.82, 2.24) is 4.90 Å². The largest absolute Gasteiger partial charge is 0.383 e. The minimum absolute atomic E-state index is 0.0607. The van der Waals surface area contributed by atoms with Gasteiger partial charge in [-0.2, -0.15) is 0 Å². The third kappa shape index (κ3) is 3.31. The summed E-state index contributed by atoms with van der Waals surface area (Å²) in [6.45, 7) is 0.824. The molecule has 2 amide bonds. The van der Waals surface area contributed by atoms with E-state index in [-0.39, 0.29) is 17.5 Å². The lowest BCUT2D eigenvalue weighted by molar-refractivity contribution is -0.121. The molecule has 1 heterocycles. The van der Waals surface area contributed by atoms with Crippen LogP contribution in [0.1, 0.15) is 47.5 Å². The molecule has 0 bridgehead atoms. The molecule has 2 aromatic carbocycles. The van der Waals surface area contributed by atoms with E-state index in [1.165, 1.54) is 6.07 Å². The van der Waals surface area contributed by atoms with Crippen LogP contribution in [0.25, 0.3) is 0 Å². The van der Waals surface area contributed by atoms with Crippen LogP contribution in [0.15, 0.2) is 48.5 Å². The maximum absolute atomic E-state index is 14.2. The third-order valence-corrected chi connectivity index (χ3v) is 6.20. The van der Waals surface area contributed by atoms with E-state index in [0.717, 1.165) is 31.2 Å². The third-order valence-electron chi connectivity index (χ3n) is 6.20. The first-order valence-corrected chi connectivity index (χ1v) is 10.0. The second kappa shape index (κ2) is 7.95. The molecule has 2 aliphatic rings. The summed E-state index contributed by atoms with van der Waals surface area (Å²) in [4.78, 5) is 28.7. The molecule has 1 fully saturated rings. The zero-order valence-corrected chi connectivity index (χ0v) is 16.5. The maximum atomic E-state index is 14.2. The van der Waals surface area contributed by atoms with Gasteiger partial charge < -0.3 is 15.0 Å². The molecule has 1 saturated carbocycles. The fourth-order valence-corrected chi connectivity index (χ4v) is 4.94. The van der Waals surface area contributed by atoms with Crippen LogP contribution in [0, 0.1) is 5.82 Å². The standard InChI is InChI=1S/C23H25FN2O3/c1-29-15-14-26-22(28)17-9-3-2-8-16(17)20(23(26)12-6-7-13-23)21(27)25-19-11-5-4-10-18(19)24/h2-5,8-11,20H,6-7,12-15H2,1H3,(H,25,27)/t20-/m0/s1. The molecule has 152 valence electrons. The second-order valence-corrected chi connectivity index (χ2v) is 7.75. The van der Waals surface area contributed by atoms with Gasteiger partial charge in [0.1, 0.15) is 5.82 Å². The molecule has 1 spiro atoms. The second-order valence-electron chi connectivity index (χ2n) is 7.75. The predicted molar refractivity (Wildman–Crippen MR) is 108 cm³/mol. The average Bonchev–Trinajstić information content (AvgIpc) is 3.19. The molecule has 1 aliphatic heterocycles. The highest BCUT2D eigenvalue weighted by atomic mass is 19.1. The molecule has 1 N–H and O–H groups in total. The van der Waals surface area contributed by atoms with Crippen LogP contribution >= 0.6 is 0 Å². The number of rotatable bonds is 5. The van der Waals surface area contributed by atoms with Crippen molar-refractivity contribution in [3.63, 3.8) is 0 Å². The lowest BCUT2D eigenvalue weighted by Crippen LogP contribution is -2.60. The smallest absolute Gasteiger partial charge is 0.254 e. The topological polar surface area (TPSA) is 58.6 Å². The Kier molecular flexibility index (Phi) is 5.37. The van der Waals surface area contributed by atoms with Crippen molar-refractivity contribution in [2.24, 2.45) is 0 Å². The van der Waals surface area contributed by atoms with Crippen molar-refractivity contribution >= 4 is 17.5 Å². The van der Waals surface area contributed by atoms with Gasteiger partial charge in [0.25, 0.3) is 5.91 Å². The number of ether oxygens (including phenoxy) is 1. The summed E-state index contributed by atoms with van der Waals surface area (Å²) in [7, 11) is 1.60. The Labute approximate surface area is 169 Å². The van der Waals surface area contributed by atoms with Crippen LogP contribution in [0.3, 0.4) is 0 Å². The Hall–Kier alpha value is -2.73. The Morgan fingerprint density at radius 1 is 1.17 bits per heavy atom. The van der Waals surface area contributed by atoms with Crippen molar-refractivity contribution in [3.8, 4) is 0 Å². The monoisotopic (exact) mass is 396 g/mol. The van der Waals surface area contributed by atoms with E-state index in [0.29, 0.717) is 18.7 Å². The van der Waals surface area contributed by atoms with Crippen molar-refractivity contribution in [2.45, 2.75) is 37.1 Å². The molecule has 1 aliphatic carbocycles. The SMILES string of the molecule is COCCN1C(=O)c2ccccc2[C@@H](C(=O)Nc2ccccc2F)C12CCCC2. The quantitative estimate of drug-likeness (QED) is 0.832. The van der Waals surface area contributed by atoms with Crippen LogP contribution in [-0.4, -0.2) is 42.5 Å². The van der Waals surface area contributed by atoms with Gasteiger partial charge in [-0.15, -0.1) is 0 Å². The van der Waals surface area contributed by atoms with E-state index in [9.17, 15) is 14.0 Å². The first kappa shape index (κ1) is 19.6. The lowest BCUT2D eigenvalue weighted by atomic mass is 9.71. The Balaban J connectivity index is 1.80. The number of hydrogen-bond donors (Lipinski definition) is 1. The molecular weight excluding hydrogens is 371 g/mol. The number of fused-ring (bicyclic) bond motifs is 1. The van der Waals surface area contributed by atoms with Crippen LogP contribution in [0.2, 0.25) is 0 Å². The summed E-state index contributed by atoms with van der Waals surface area (Å²) in [5.41, 5.74) is 0.805. The molecule has 0 unspecified atom stereocenters. The van der Waals surface area contributed by atoms with E-state index in [4.69, 9.17) is 4.74 Å². The van der Waals surface area contributed by atoms with Crippen molar-refractivity contribution in [1.29, 1.82) is 0 Å². The summed E-state index contributed by atoms with van der Waals surface area (Å²) >= 11 is 0. The summed E-state index contributed by atoms with van der Waals surface area (Å²) in [5, 5.41) is 2.78. The Bertz CT molecular complexity index is 924. The summed E-state index contributed by atoms with van der Waals surface area (Å²) in [5.74, 6) is -1.37. The predicted octanol–water partition coefficient (Wildman–Crippen LogP) is 3.96. The summed E-state index contributed by atoms with van der Waals surface area (Å²) < 4.78 is 19.4. The maximum Gasteiger partial charge on any atom is 0.254 e. The van der Waals surface area contributed by atoms with E-state index >= 15 is 0 Å². The zero-order valence-electron chi connectivity index (χ0n) is 16.5. The molecule has 4 rings (SSSR count). The molecule has 0 saturated heterocycles. The minimum Gasteiger partial charge on any atom is -0.383 e. The van der Waals surface area contributed by atoms with Crippen LogP contribution in [0.4, 0.5) is 10.1 Å². The molecule has 29 heavy (non-hydrogen) atoms. The van der Waals surface area contributed by atoms with E-state index in [2.05, 4.69) is 5.32 Å². The van der Waals surface area contributed by atoms with Crippen molar-refractivity contribution < 1.29 is 18.7 Å². The average molecular weight is 396 g/mol. The highest BCUT2D eigenvalue weighted by Gasteiger charge is 2.55. The first-order chi connectivity index (χ1) is 14.1. The number of benzene rings is 2. The van der Waals surface area contributed by atoms with Gasteiger partial charge in [0.2, 0.25) is 5.91 Å². The molecule has 6 heteroatoms. The molecule has 0 radical (unpaired) electrons. The van der Waals surface area contributed by atoms with E-state index in [1.807, 2.05) is 23.1 Å². The number of hydrogen-bond acceptors (Lipinski definition) is 3. The van der Waals surface area contributed by atoms with Gasteiger partial charge in [0, 0.05) is 19.2 Å². The van der Waals surface area contributed by atoms with Crippen LogP contribution in [0.5, 0.6) is 0 Å². The number of carbonyl (C=O) groups is 2. The van der Waals surface area contributed by atoms with Gasteiger partial charge in [0.05, 0.1) is 23.8 Å². The van der Waals surface area contributed by atoms with Gasteiger partial charge in [-0.25, -0.2) is 4.39 Å². The number of methoxy groups -OCH3 is 1. The summed E-state index contributed by atoms with van der Waals surface area (Å²) in [6.07, 6.45) is 3.38. The normalized spacial score (nSPS) is 20.0. The number of halogens is 1. The zero-order chi connectivity index (χ0) is 20.4. The van der Waals surface area contributed by atoms with Crippen molar-refractivity contribution in [3.05, 3.63) is 65.5 Å². The number of para-hydroxylation sites is 1. The van der Waals surface area contributed by atoms with Gasteiger partial charge in [-0.05, 0) is 36.6 Å². The minimum atomic E-state index is -0.612. The first-order valence-electron chi connectivity index (χ1n) is 10.0. The van der Waals surface area contributed by atoms with E-state index < -0.39 is 17.3 Å². The summed E-state index contributed by atoms with van der Waals surface area (Å²) in [6, 6.07) is 13.4. The highest BCUT2D eigenvalue weighted by molar-refractivity contribution is 6.05. The Morgan fingerprint density at radius 2 is 1.86 bits per heavy atom. The Morgan fingerprint density at radius 3 is 2.59 bits per heavy atom. The molecule has 5 nitrogen and oxygen atoms in total. The van der Waals surface area contributed by atoms with Gasteiger partial charge in [-0.1, -0.05) is 43.2 Å². The number of nitrogens with one attached hydrogen (secondary N) is 1. The fraction of sp³-hybridized carbons (Fsp3) is 0.391. The van der Waals surface area contributed by atoms with Crippen LogP contribution in [-0.2, 0) is 9.53 Å². The van der Waals surface area contributed by atoms with Crippen molar-refractivity contribution in [2.75, 3.05) is 25.6 Å². The van der Waals surface area contributed by atoms with Gasteiger partial charge in [0.15, 0.2) is 0 Å². The molecule has 1 atom stereocenters. The number of anilines is 1.